The fraction of sp³-hybridized carbons (Fsp3) is 0.267. The number of aliphatic hydroxyl groups is 3. The molecule has 9 nitrogen and oxygen atoms in total. The van der Waals surface area contributed by atoms with Crippen LogP contribution in [-0.2, 0) is 4.79 Å². The van der Waals surface area contributed by atoms with E-state index in [0.717, 1.165) is 5.56 Å². The molecule has 5 atom stereocenters. The van der Waals surface area contributed by atoms with Gasteiger partial charge in [-0.25, -0.2) is 15.0 Å². The molecular weight excluding hydrogens is 494 g/mol. The number of imidazole rings is 1. The standard InChI is InChI=1S/C30H29N5O4/c1-18-24(29(38)31-3)30(2,39)27(37)26(18)35-17-32-25-21(16-22(36)20-12-8-5-9-13-20)33-23(34-28(25)35)15-14-19-10-6-4-7-11-19/h4-13,16-18,24,26-27,36-37,39H,1-3H3,(H,31,38)/b22-16-/t18-,24+,26+,27-,30-/m0/s1. The van der Waals surface area contributed by atoms with Crippen LogP contribution in [0.3, 0.4) is 0 Å². The fourth-order valence-electron chi connectivity index (χ4n) is 5.40. The van der Waals surface area contributed by atoms with Gasteiger partial charge >= 0.3 is 0 Å². The molecule has 198 valence electrons. The third-order valence-electron chi connectivity index (χ3n) is 7.35. The van der Waals surface area contributed by atoms with Crippen molar-refractivity contribution in [3.63, 3.8) is 0 Å². The Bertz CT molecular complexity index is 1600. The molecule has 0 aliphatic heterocycles. The summed E-state index contributed by atoms with van der Waals surface area (Å²) in [4.78, 5) is 26.4. The van der Waals surface area contributed by atoms with Gasteiger partial charge in [0, 0.05) is 24.3 Å². The number of amides is 1. The van der Waals surface area contributed by atoms with Gasteiger partial charge in [0.1, 0.15) is 23.0 Å². The van der Waals surface area contributed by atoms with E-state index in [2.05, 4.69) is 32.1 Å². The fourth-order valence-corrected chi connectivity index (χ4v) is 5.40. The highest BCUT2D eigenvalue weighted by atomic mass is 16.3. The average molecular weight is 524 g/mol. The zero-order valence-electron chi connectivity index (χ0n) is 21.8. The molecule has 2 heterocycles. The highest BCUT2D eigenvalue weighted by Crippen LogP contribution is 2.47. The number of carbonyl (C=O) groups is 1. The third kappa shape index (κ3) is 4.76. The minimum absolute atomic E-state index is 0.0102. The summed E-state index contributed by atoms with van der Waals surface area (Å²) < 4.78 is 1.66. The summed E-state index contributed by atoms with van der Waals surface area (Å²) in [6, 6.07) is 17.7. The van der Waals surface area contributed by atoms with Crippen LogP contribution in [0.25, 0.3) is 23.0 Å². The number of aliphatic hydroxyl groups excluding tert-OH is 2. The van der Waals surface area contributed by atoms with Gasteiger partial charge in [-0.05, 0) is 30.9 Å². The molecular formula is C30H29N5O4. The van der Waals surface area contributed by atoms with Crippen LogP contribution in [-0.4, -0.2) is 59.5 Å². The van der Waals surface area contributed by atoms with Crippen LogP contribution in [0.15, 0.2) is 67.0 Å². The molecule has 2 aromatic heterocycles. The maximum atomic E-state index is 12.7. The molecule has 0 saturated heterocycles. The van der Waals surface area contributed by atoms with Crippen molar-refractivity contribution in [3.05, 3.63) is 89.6 Å². The molecule has 1 saturated carbocycles. The molecule has 39 heavy (non-hydrogen) atoms. The summed E-state index contributed by atoms with van der Waals surface area (Å²) in [7, 11) is 1.50. The van der Waals surface area contributed by atoms with Crippen LogP contribution in [0.5, 0.6) is 0 Å². The van der Waals surface area contributed by atoms with Gasteiger partial charge in [-0.1, -0.05) is 61.4 Å². The number of rotatable bonds is 4. The van der Waals surface area contributed by atoms with Gasteiger partial charge in [-0.2, -0.15) is 0 Å². The van der Waals surface area contributed by atoms with E-state index in [1.165, 1.54) is 26.4 Å². The van der Waals surface area contributed by atoms with Gasteiger partial charge in [-0.3, -0.25) is 4.79 Å². The lowest BCUT2D eigenvalue weighted by atomic mass is 9.86. The minimum atomic E-state index is -1.68. The van der Waals surface area contributed by atoms with E-state index in [4.69, 9.17) is 0 Å². The van der Waals surface area contributed by atoms with Crippen molar-refractivity contribution in [2.75, 3.05) is 7.05 Å². The van der Waals surface area contributed by atoms with Gasteiger partial charge in [-0.15, -0.1) is 0 Å². The van der Waals surface area contributed by atoms with Crippen molar-refractivity contribution in [2.24, 2.45) is 11.8 Å². The van der Waals surface area contributed by atoms with Gasteiger partial charge in [0.25, 0.3) is 0 Å². The molecule has 4 aromatic rings. The Kier molecular flexibility index (Phi) is 6.91. The first kappa shape index (κ1) is 26.1. The lowest BCUT2D eigenvalue weighted by Gasteiger charge is -2.28. The predicted octanol–water partition coefficient (Wildman–Crippen LogP) is 2.95. The van der Waals surface area contributed by atoms with Crippen LogP contribution in [0, 0.1) is 23.7 Å². The quantitative estimate of drug-likeness (QED) is 0.239. The van der Waals surface area contributed by atoms with E-state index >= 15 is 0 Å². The highest BCUT2D eigenvalue weighted by Gasteiger charge is 2.58. The van der Waals surface area contributed by atoms with E-state index in [1.54, 1.807) is 23.6 Å². The summed E-state index contributed by atoms with van der Waals surface area (Å²) in [6.45, 7) is 3.27. The smallest absolute Gasteiger partial charge is 0.226 e. The van der Waals surface area contributed by atoms with Crippen LogP contribution in [0.2, 0.25) is 0 Å². The first-order chi connectivity index (χ1) is 18.7. The van der Waals surface area contributed by atoms with Crippen molar-refractivity contribution in [3.8, 4) is 11.8 Å². The molecule has 2 aromatic carbocycles. The van der Waals surface area contributed by atoms with Gasteiger partial charge in [0.05, 0.1) is 24.0 Å². The second-order valence-electron chi connectivity index (χ2n) is 9.88. The number of hydrogen-bond donors (Lipinski definition) is 4. The van der Waals surface area contributed by atoms with E-state index < -0.39 is 29.6 Å². The molecule has 1 amide bonds. The topological polar surface area (TPSA) is 133 Å². The third-order valence-corrected chi connectivity index (χ3v) is 7.35. The van der Waals surface area contributed by atoms with Crippen LogP contribution in [0.1, 0.15) is 42.5 Å². The largest absolute Gasteiger partial charge is 0.507 e. The maximum Gasteiger partial charge on any atom is 0.226 e. The van der Waals surface area contributed by atoms with E-state index in [9.17, 15) is 20.1 Å². The molecule has 0 spiro atoms. The molecule has 0 radical (unpaired) electrons. The van der Waals surface area contributed by atoms with Crippen LogP contribution < -0.4 is 5.32 Å². The van der Waals surface area contributed by atoms with E-state index in [-0.39, 0.29) is 17.5 Å². The molecule has 5 rings (SSSR count). The Morgan fingerprint density at radius 1 is 1.08 bits per heavy atom. The van der Waals surface area contributed by atoms with Crippen molar-refractivity contribution in [1.82, 2.24) is 24.8 Å². The van der Waals surface area contributed by atoms with Gasteiger partial charge in [0.15, 0.2) is 5.65 Å². The van der Waals surface area contributed by atoms with Crippen molar-refractivity contribution in [1.29, 1.82) is 0 Å². The highest BCUT2D eigenvalue weighted by molar-refractivity contribution is 5.87. The first-order valence-electron chi connectivity index (χ1n) is 12.6. The van der Waals surface area contributed by atoms with Crippen LogP contribution >= 0.6 is 0 Å². The summed E-state index contributed by atoms with van der Waals surface area (Å²) in [6.07, 6.45) is 1.73. The summed E-state index contributed by atoms with van der Waals surface area (Å²) in [5.74, 6) is 4.53. The van der Waals surface area contributed by atoms with Crippen molar-refractivity contribution in [2.45, 2.75) is 31.6 Å². The zero-order valence-corrected chi connectivity index (χ0v) is 21.8. The zero-order chi connectivity index (χ0) is 27.7. The number of nitrogens with zero attached hydrogens (tertiary/aromatic N) is 4. The molecule has 1 aliphatic carbocycles. The summed E-state index contributed by atoms with van der Waals surface area (Å²) in [5, 5.41) is 35.8. The van der Waals surface area contributed by atoms with Gasteiger partial charge < -0.3 is 25.2 Å². The molecule has 9 heteroatoms. The lowest BCUT2D eigenvalue weighted by molar-refractivity contribution is -0.137. The summed E-state index contributed by atoms with van der Waals surface area (Å²) in [5.41, 5.74) is 0.780. The molecule has 0 bridgehead atoms. The Balaban J connectivity index is 1.67. The molecule has 0 unspecified atom stereocenters. The Hall–Kier alpha value is -4.52. The van der Waals surface area contributed by atoms with Crippen molar-refractivity contribution >= 4 is 28.9 Å². The monoisotopic (exact) mass is 523 g/mol. The Morgan fingerprint density at radius 3 is 2.41 bits per heavy atom. The number of hydrogen-bond acceptors (Lipinski definition) is 7. The molecule has 1 aliphatic rings. The average Bonchev–Trinajstić information content (AvgIpc) is 3.43. The lowest BCUT2D eigenvalue weighted by Crippen LogP contribution is -2.47. The van der Waals surface area contributed by atoms with Crippen LogP contribution in [0.4, 0.5) is 0 Å². The number of carbonyl (C=O) groups excluding carboxylic acids is 1. The molecule has 4 N–H and O–H groups in total. The Labute approximate surface area is 225 Å². The number of aromatic nitrogens is 4. The maximum absolute atomic E-state index is 12.7. The van der Waals surface area contributed by atoms with E-state index in [1.807, 2.05) is 48.5 Å². The summed E-state index contributed by atoms with van der Waals surface area (Å²) >= 11 is 0. The SMILES string of the molecule is CNC(=O)[C@H]1[C@H](C)[C@@H](n2cnc3c(/C=C(\O)c4ccccc4)nc(C#Cc4ccccc4)nc32)[C@H](O)[C@@]1(C)O. The number of benzene rings is 2. The number of nitrogens with one attached hydrogen (secondary N) is 1. The normalized spacial score (nSPS) is 24.8. The van der Waals surface area contributed by atoms with Crippen molar-refractivity contribution < 1.29 is 20.1 Å². The van der Waals surface area contributed by atoms with Gasteiger partial charge in [0.2, 0.25) is 11.7 Å². The predicted molar refractivity (Wildman–Crippen MR) is 147 cm³/mol. The molecule has 1 fully saturated rings. The Morgan fingerprint density at radius 2 is 1.74 bits per heavy atom. The number of fused-ring (bicyclic) bond motifs is 1. The second-order valence-corrected chi connectivity index (χ2v) is 9.88. The minimum Gasteiger partial charge on any atom is -0.507 e. The second kappa shape index (κ2) is 10.3. The first-order valence-corrected chi connectivity index (χ1v) is 12.6. The van der Waals surface area contributed by atoms with E-state index in [0.29, 0.717) is 22.4 Å².